The van der Waals surface area contributed by atoms with Gasteiger partial charge >= 0.3 is 0 Å². The molecule has 301 valence electrons. The minimum atomic E-state index is -1.42. The van der Waals surface area contributed by atoms with Crippen LogP contribution in [0.5, 0.6) is 0 Å². The molecule has 4 nitrogen and oxygen atoms in total. The summed E-state index contributed by atoms with van der Waals surface area (Å²) >= 11 is 0. The van der Waals surface area contributed by atoms with Gasteiger partial charge in [-0.1, -0.05) is 153 Å². The Balaban J connectivity index is 0.000000199. The molecule has 0 aliphatic heterocycles. The molecule has 0 spiro atoms. The van der Waals surface area contributed by atoms with Crippen LogP contribution in [0.25, 0.3) is 61.3 Å². The number of para-hydroxylation sites is 4. The fraction of sp³-hybridized carbons (Fsp3) is 0.308. The number of rotatable bonds is 5. The van der Waals surface area contributed by atoms with Crippen molar-refractivity contribution >= 4 is 46.2 Å². The van der Waals surface area contributed by atoms with Crippen molar-refractivity contribution in [3.8, 4) is 28.3 Å². The average molecular weight is 960 g/mol. The van der Waals surface area contributed by atoms with Gasteiger partial charge in [-0.05, 0) is 63.4 Å². The summed E-state index contributed by atoms with van der Waals surface area (Å²) in [5, 5.41) is 3.67. The third-order valence-corrected chi connectivity index (χ3v) is 12.6. The van der Waals surface area contributed by atoms with E-state index in [1.807, 2.05) is 36.4 Å². The second-order valence-corrected chi connectivity index (χ2v) is 24.7. The first-order valence-electron chi connectivity index (χ1n) is 20.2. The molecule has 0 aliphatic rings. The maximum absolute atomic E-state index is 6.34. The molecule has 8 aromatic rings. The van der Waals surface area contributed by atoms with Gasteiger partial charge in [0.15, 0.2) is 0 Å². The van der Waals surface area contributed by atoms with Gasteiger partial charge in [-0.15, -0.1) is 53.6 Å². The van der Waals surface area contributed by atoms with Crippen molar-refractivity contribution < 1.29 is 24.5 Å². The number of furan rings is 1. The van der Waals surface area contributed by atoms with Crippen LogP contribution < -0.4 is 5.19 Å². The summed E-state index contributed by atoms with van der Waals surface area (Å²) < 4.78 is 8.60. The zero-order valence-corrected chi connectivity index (χ0v) is 39.7. The van der Waals surface area contributed by atoms with Crippen LogP contribution in [0.2, 0.25) is 19.6 Å². The molecule has 0 N–H and O–H groups in total. The van der Waals surface area contributed by atoms with E-state index in [1.54, 1.807) is 0 Å². The maximum atomic E-state index is 6.34. The molecule has 5 aromatic carbocycles. The van der Waals surface area contributed by atoms with E-state index in [9.17, 15) is 0 Å². The monoisotopic (exact) mass is 960 g/mol. The molecule has 1 radical (unpaired) electrons. The molecule has 3 aromatic heterocycles. The van der Waals surface area contributed by atoms with Gasteiger partial charge in [-0.2, -0.15) is 0 Å². The van der Waals surface area contributed by atoms with Gasteiger partial charge < -0.3 is 14.0 Å². The van der Waals surface area contributed by atoms with Gasteiger partial charge in [0, 0.05) is 37.4 Å². The molecule has 6 heteroatoms. The van der Waals surface area contributed by atoms with E-state index in [4.69, 9.17) is 14.4 Å². The van der Waals surface area contributed by atoms with E-state index < -0.39 is 8.07 Å². The SMILES string of the molecule is CC(C)(C)Cc1cc(-c2[c-]ccc(C(C)(C)C)c2)ncc1[Si](C)(C)C.CC(C)(C)c1ccccc1-n1c(-c2[c-]ccc3c2oc2ccccc23)nc2ccccc21.[Ir]. The van der Waals surface area contributed by atoms with Crippen molar-refractivity contribution in [2.24, 2.45) is 5.41 Å². The predicted molar refractivity (Wildman–Crippen MR) is 245 cm³/mol. The Morgan fingerprint density at radius 1 is 0.707 bits per heavy atom. The summed E-state index contributed by atoms with van der Waals surface area (Å²) in [6.07, 6.45) is 3.22. The van der Waals surface area contributed by atoms with Gasteiger partial charge in [0.1, 0.15) is 5.58 Å². The Labute approximate surface area is 360 Å². The van der Waals surface area contributed by atoms with Gasteiger partial charge in [0.25, 0.3) is 0 Å². The van der Waals surface area contributed by atoms with E-state index >= 15 is 0 Å². The van der Waals surface area contributed by atoms with Crippen LogP contribution >= 0.6 is 0 Å². The zero-order chi connectivity index (χ0) is 40.9. The molecule has 0 saturated carbocycles. The van der Waals surface area contributed by atoms with Crippen molar-refractivity contribution in [3.63, 3.8) is 0 Å². The number of hydrogen-bond donors (Lipinski definition) is 0. The molecule has 0 unspecified atom stereocenters. The number of hydrogen-bond acceptors (Lipinski definition) is 3. The third-order valence-electron chi connectivity index (χ3n) is 10.5. The Morgan fingerprint density at radius 2 is 1.38 bits per heavy atom. The van der Waals surface area contributed by atoms with E-state index in [1.165, 1.54) is 21.9 Å². The smallest absolute Gasteiger partial charge is 0.120 e. The van der Waals surface area contributed by atoms with Crippen LogP contribution in [0.1, 0.15) is 79.0 Å². The standard InChI is InChI=1S/C29H23N2O.C23H34NSi.Ir/c1-29(2,3)22-14-5-7-16-24(22)31-25-17-8-6-15-23(25)30-28(31)21-13-10-12-20-19-11-4-9-18-26(19)32-27(20)21;1-22(2,3)15-18-14-20(24-16-21(18)25(7,8)9)17-11-10-12-19(13-17)23(4,5)6;/h4-12,14-18H,1-3H3;10,12-14,16H,15H2,1-9H3;/q2*-1;. The Morgan fingerprint density at radius 3 is 2.09 bits per heavy atom. The number of benzene rings is 5. The minimum absolute atomic E-state index is 0. The van der Waals surface area contributed by atoms with Crippen molar-refractivity contribution in [1.29, 1.82) is 0 Å². The normalized spacial score (nSPS) is 12.4. The third kappa shape index (κ3) is 9.00. The molecule has 0 bridgehead atoms. The van der Waals surface area contributed by atoms with Crippen LogP contribution in [0.15, 0.2) is 120 Å². The van der Waals surface area contributed by atoms with Crippen molar-refractivity contribution in [2.45, 2.75) is 99.2 Å². The second-order valence-electron chi connectivity index (χ2n) is 19.7. The second kappa shape index (κ2) is 16.2. The van der Waals surface area contributed by atoms with Crippen LogP contribution in [-0.2, 0) is 37.4 Å². The van der Waals surface area contributed by atoms with E-state index in [-0.39, 0.29) is 36.4 Å². The fourth-order valence-electron chi connectivity index (χ4n) is 7.72. The largest absolute Gasteiger partial charge is 0.501 e. The number of imidazole rings is 1. The molecular weight excluding hydrogens is 903 g/mol. The quantitative estimate of drug-likeness (QED) is 0.128. The summed E-state index contributed by atoms with van der Waals surface area (Å²) in [5.74, 6) is 0.840. The summed E-state index contributed by atoms with van der Waals surface area (Å²) in [5.41, 5.74) is 12.3. The first-order chi connectivity index (χ1) is 26.8. The number of aromatic nitrogens is 3. The molecule has 8 rings (SSSR count). The van der Waals surface area contributed by atoms with Gasteiger partial charge in [-0.25, -0.2) is 0 Å². The van der Waals surface area contributed by atoms with Crippen LogP contribution in [0.3, 0.4) is 0 Å². The first-order valence-corrected chi connectivity index (χ1v) is 23.7. The van der Waals surface area contributed by atoms with Gasteiger partial charge in [0.2, 0.25) is 0 Å². The molecule has 58 heavy (non-hydrogen) atoms. The van der Waals surface area contributed by atoms with Gasteiger partial charge in [0.05, 0.1) is 30.5 Å². The molecule has 0 fully saturated rings. The molecule has 0 atom stereocenters. The maximum Gasteiger partial charge on any atom is 0.120 e. The van der Waals surface area contributed by atoms with Crippen LogP contribution in [0, 0.1) is 17.5 Å². The topological polar surface area (TPSA) is 43.9 Å². The molecule has 3 heterocycles. The van der Waals surface area contributed by atoms with E-state index in [0.29, 0.717) is 0 Å². The van der Waals surface area contributed by atoms with E-state index in [2.05, 4.69) is 178 Å². The predicted octanol–water partition coefficient (Wildman–Crippen LogP) is 13.7. The Kier molecular flexibility index (Phi) is 12.0. The Bertz CT molecular complexity index is 2710. The Hall–Kier alpha value is -4.61. The van der Waals surface area contributed by atoms with Crippen molar-refractivity contribution in [3.05, 3.63) is 144 Å². The fourth-order valence-corrected chi connectivity index (χ4v) is 9.29. The van der Waals surface area contributed by atoms with E-state index in [0.717, 1.165) is 67.7 Å². The van der Waals surface area contributed by atoms with Gasteiger partial charge in [-0.3, -0.25) is 4.98 Å². The first kappa shape index (κ1) is 43.0. The van der Waals surface area contributed by atoms with Crippen molar-refractivity contribution in [2.75, 3.05) is 0 Å². The summed E-state index contributed by atoms with van der Waals surface area (Å²) in [7, 11) is -1.42. The molecular formula is C52H57IrN3OSi-2. The molecule has 0 aliphatic carbocycles. The molecule has 0 saturated heterocycles. The van der Waals surface area contributed by atoms with Crippen molar-refractivity contribution in [1.82, 2.24) is 14.5 Å². The zero-order valence-electron chi connectivity index (χ0n) is 36.3. The molecule has 0 amide bonds. The number of fused-ring (bicyclic) bond motifs is 4. The summed E-state index contributed by atoms with van der Waals surface area (Å²) in [4.78, 5) is 9.91. The summed E-state index contributed by atoms with van der Waals surface area (Å²) in [6.45, 7) is 27.6. The minimum Gasteiger partial charge on any atom is -0.501 e. The summed E-state index contributed by atoms with van der Waals surface area (Å²) in [6, 6.07) is 44.7. The number of nitrogens with zero attached hydrogens (tertiary/aromatic N) is 3. The number of pyridine rings is 1. The average Bonchev–Trinajstić information content (AvgIpc) is 3.72. The van der Waals surface area contributed by atoms with Crippen LogP contribution in [-0.4, -0.2) is 22.6 Å². The van der Waals surface area contributed by atoms with Crippen LogP contribution in [0.4, 0.5) is 0 Å².